The minimum Gasteiger partial charge on any atom is -0.372 e. The number of aryl methyl sites for hydroxylation is 3. The SMILES string of the molecule is CNc1nc(NC)c2ncn(C)c2n1.CNc1ncnc2c1c(C)nn2C. The summed E-state index contributed by atoms with van der Waals surface area (Å²) in [6.07, 6.45) is 3.26. The van der Waals surface area contributed by atoms with Crippen molar-refractivity contribution in [1.29, 1.82) is 0 Å². The van der Waals surface area contributed by atoms with Gasteiger partial charge in [0.05, 0.1) is 17.4 Å². The largest absolute Gasteiger partial charge is 0.372 e. The Morgan fingerprint density at radius 2 is 1.59 bits per heavy atom. The summed E-state index contributed by atoms with van der Waals surface area (Å²) in [5, 5.41) is 14.2. The molecule has 4 heterocycles. The summed E-state index contributed by atoms with van der Waals surface area (Å²) in [6, 6.07) is 0. The highest BCUT2D eigenvalue weighted by molar-refractivity contribution is 5.88. The van der Waals surface area contributed by atoms with E-state index in [0.717, 1.165) is 39.5 Å². The Hall–Kier alpha value is -3.50. The van der Waals surface area contributed by atoms with E-state index in [1.807, 2.05) is 39.7 Å². The van der Waals surface area contributed by atoms with E-state index < -0.39 is 0 Å². The zero-order valence-electron chi connectivity index (χ0n) is 16.2. The normalized spacial score (nSPS) is 10.6. The molecule has 3 N–H and O–H groups in total. The molecular weight excluding hydrogens is 346 g/mol. The quantitative estimate of drug-likeness (QED) is 0.488. The summed E-state index contributed by atoms with van der Waals surface area (Å²) >= 11 is 0. The molecule has 0 aliphatic heterocycles. The van der Waals surface area contributed by atoms with Gasteiger partial charge in [-0.3, -0.25) is 4.68 Å². The molecular formula is C16H23N11. The lowest BCUT2D eigenvalue weighted by atomic mass is 10.3. The molecule has 0 fully saturated rings. The van der Waals surface area contributed by atoms with Crippen LogP contribution in [0.5, 0.6) is 0 Å². The van der Waals surface area contributed by atoms with E-state index in [1.54, 1.807) is 18.1 Å². The Morgan fingerprint density at radius 1 is 0.852 bits per heavy atom. The van der Waals surface area contributed by atoms with E-state index in [-0.39, 0.29) is 0 Å². The molecule has 0 aliphatic carbocycles. The van der Waals surface area contributed by atoms with Crippen LogP contribution in [0.2, 0.25) is 0 Å². The van der Waals surface area contributed by atoms with Crippen molar-refractivity contribution >= 4 is 39.8 Å². The number of fused-ring (bicyclic) bond motifs is 2. The molecule has 0 aromatic carbocycles. The third kappa shape index (κ3) is 3.30. The van der Waals surface area contributed by atoms with Gasteiger partial charge in [0, 0.05) is 35.2 Å². The van der Waals surface area contributed by atoms with Gasteiger partial charge in [0.2, 0.25) is 5.95 Å². The monoisotopic (exact) mass is 369 g/mol. The van der Waals surface area contributed by atoms with Crippen LogP contribution in [0.4, 0.5) is 17.6 Å². The van der Waals surface area contributed by atoms with E-state index in [2.05, 4.69) is 46.0 Å². The van der Waals surface area contributed by atoms with Crippen LogP contribution < -0.4 is 16.0 Å². The molecule has 4 aromatic rings. The van der Waals surface area contributed by atoms with Crippen LogP contribution in [0, 0.1) is 6.92 Å². The summed E-state index contributed by atoms with van der Waals surface area (Å²) in [5.74, 6) is 2.15. The fourth-order valence-electron chi connectivity index (χ4n) is 2.76. The number of imidazole rings is 1. The van der Waals surface area contributed by atoms with Crippen LogP contribution in [0.25, 0.3) is 22.2 Å². The molecule has 0 bridgehead atoms. The second-order valence-corrected chi connectivity index (χ2v) is 5.80. The second-order valence-electron chi connectivity index (χ2n) is 5.80. The minimum atomic E-state index is 0.588. The van der Waals surface area contributed by atoms with Crippen LogP contribution in [0.3, 0.4) is 0 Å². The molecule has 0 amide bonds. The van der Waals surface area contributed by atoms with E-state index in [0.29, 0.717) is 5.95 Å². The number of aromatic nitrogens is 8. The third-order valence-electron chi connectivity index (χ3n) is 4.05. The van der Waals surface area contributed by atoms with Crippen molar-refractivity contribution in [3.8, 4) is 0 Å². The molecule has 4 aromatic heterocycles. The van der Waals surface area contributed by atoms with E-state index in [1.165, 1.54) is 6.33 Å². The van der Waals surface area contributed by atoms with Crippen molar-refractivity contribution in [2.75, 3.05) is 37.1 Å². The van der Waals surface area contributed by atoms with Gasteiger partial charge in [-0.2, -0.15) is 15.1 Å². The Kier molecular flexibility index (Phi) is 5.01. The summed E-state index contributed by atoms with van der Waals surface area (Å²) in [4.78, 5) is 21.0. The first-order valence-corrected chi connectivity index (χ1v) is 8.36. The first kappa shape index (κ1) is 18.3. The number of hydrogen-bond donors (Lipinski definition) is 3. The molecule has 142 valence electrons. The number of nitrogens with zero attached hydrogens (tertiary/aromatic N) is 8. The van der Waals surface area contributed by atoms with Crippen LogP contribution >= 0.6 is 0 Å². The van der Waals surface area contributed by atoms with Gasteiger partial charge in [-0.1, -0.05) is 0 Å². The molecule has 27 heavy (non-hydrogen) atoms. The minimum absolute atomic E-state index is 0.588. The lowest BCUT2D eigenvalue weighted by Gasteiger charge is -2.03. The van der Waals surface area contributed by atoms with Gasteiger partial charge in [-0.25, -0.2) is 15.0 Å². The lowest BCUT2D eigenvalue weighted by Crippen LogP contribution is -2.02. The average molecular weight is 369 g/mol. The Labute approximate surface area is 156 Å². The predicted molar refractivity (Wildman–Crippen MR) is 106 cm³/mol. The van der Waals surface area contributed by atoms with Crippen LogP contribution in [-0.4, -0.2) is 60.4 Å². The number of anilines is 3. The van der Waals surface area contributed by atoms with Gasteiger partial charge in [-0.15, -0.1) is 0 Å². The van der Waals surface area contributed by atoms with Crippen molar-refractivity contribution < 1.29 is 0 Å². The number of hydrogen-bond acceptors (Lipinski definition) is 9. The average Bonchev–Trinajstić information content (AvgIpc) is 3.21. The second kappa shape index (κ2) is 7.40. The molecule has 0 saturated heterocycles. The fraction of sp³-hybridized carbons (Fsp3) is 0.375. The van der Waals surface area contributed by atoms with Gasteiger partial charge in [0.1, 0.15) is 12.1 Å². The Bertz CT molecular complexity index is 1080. The maximum atomic E-state index is 4.30. The van der Waals surface area contributed by atoms with E-state index >= 15 is 0 Å². The van der Waals surface area contributed by atoms with Crippen molar-refractivity contribution in [1.82, 2.24) is 39.3 Å². The highest BCUT2D eigenvalue weighted by atomic mass is 15.3. The molecule has 4 rings (SSSR count). The van der Waals surface area contributed by atoms with Gasteiger partial charge in [0.25, 0.3) is 0 Å². The van der Waals surface area contributed by atoms with Gasteiger partial charge < -0.3 is 20.5 Å². The van der Waals surface area contributed by atoms with Crippen molar-refractivity contribution in [2.45, 2.75) is 6.92 Å². The molecule has 0 radical (unpaired) electrons. The molecule has 0 saturated carbocycles. The number of nitrogens with one attached hydrogen (secondary N) is 3. The van der Waals surface area contributed by atoms with Crippen molar-refractivity contribution in [2.24, 2.45) is 14.1 Å². The highest BCUT2D eigenvalue weighted by Gasteiger charge is 2.10. The summed E-state index contributed by atoms with van der Waals surface area (Å²) in [6.45, 7) is 1.95. The Balaban J connectivity index is 0.000000156. The van der Waals surface area contributed by atoms with Crippen LogP contribution in [0.15, 0.2) is 12.7 Å². The van der Waals surface area contributed by atoms with Crippen molar-refractivity contribution in [3.05, 3.63) is 18.3 Å². The lowest BCUT2D eigenvalue weighted by molar-refractivity contribution is 0.773. The van der Waals surface area contributed by atoms with E-state index in [9.17, 15) is 0 Å². The van der Waals surface area contributed by atoms with Gasteiger partial charge in [0.15, 0.2) is 22.6 Å². The van der Waals surface area contributed by atoms with Crippen LogP contribution in [-0.2, 0) is 14.1 Å². The fourth-order valence-corrected chi connectivity index (χ4v) is 2.76. The van der Waals surface area contributed by atoms with Crippen LogP contribution in [0.1, 0.15) is 5.69 Å². The molecule has 0 aliphatic rings. The topological polar surface area (TPSA) is 123 Å². The predicted octanol–water partition coefficient (Wildman–Crippen LogP) is 1.16. The summed E-state index contributed by atoms with van der Waals surface area (Å²) in [5.41, 5.74) is 3.40. The maximum absolute atomic E-state index is 4.30. The zero-order valence-corrected chi connectivity index (χ0v) is 16.2. The molecule has 0 unspecified atom stereocenters. The zero-order chi connectivity index (χ0) is 19.6. The van der Waals surface area contributed by atoms with E-state index in [4.69, 9.17) is 0 Å². The highest BCUT2D eigenvalue weighted by Crippen LogP contribution is 2.21. The summed E-state index contributed by atoms with van der Waals surface area (Å²) < 4.78 is 3.62. The molecule has 0 spiro atoms. The third-order valence-corrected chi connectivity index (χ3v) is 4.05. The smallest absolute Gasteiger partial charge is 0.226 e. The first-order valence-electron chi connectivity index (χ1n) is 8.36. The standard InChI is InChI=1S/C8H12N6.C8H11N5/c1-9-6-5-7(14(3)4-11-5)13-8(10-2)12-6;1-5-6-7(9-2)10-4-11-8(6)13(3)12-5/h4H,1-3H3,(H2,9,10,12,13);4H,1-3H3,(H,9,10,11). The number of rotatable bonds is 3. The Morgan fingerprint density at radius 3 is 2.26 bits per heavy atom. The molecule has 0 atom stereocenters. The maximum Gasteiger partial charge on any atom is 0.226 e. The van der Waals surface area contributed by atoms with Gasteiger partial charge >= 0.3 is 0 Å². The summed E-state index contributed by atoms with van der Waals surface area (Å²) in [7, 11) is 9.23. The molecule has 11 heteroatoms. The van der Waals surface area contributed by atoms with Gasteiger partial charge in [-0.05, 0) is 6.92 Å². The van der Waals surface area contributed by atoms with Crippen molar-refractivity contribution in [3.63, 3.8) is 0 Å². The molecule has 11 nitrogen and oxygen atoms in total. The first-order chi connectivity index (χ1) is 13.0.